The molecule has 4 heteroatoms. The number of benzene rings is 2. The molecule has 0 amide bonds. The van der Waals surface area contributed by atoms with Crippen molar-refractivity contribution >= 4 is 21.6 Å². The lowest BCUT2D eigenvalue weighted by Gasteiger charge is -2.21. The second-order valence-electron chi connectivity index (χ2n) is 6.49. The smallest absolute Gasteiger partial charge is 0.120 e. The fraction of sp³-hybridized carbons (Fsp3) is 0.368. The van der Waals surface area contributed by atoms with E-state index in [0.717, 1.165) is 29.1 Å². The molecule has 2 aliphatic rings. The van der Waals surface area contributed by atoms with E-state index in [2.05, 4.69) is 45.1 Å². The SMILES string of the molecule is COc1ccc(CN2CC3(CC3)c3cc(OC)cc(Br)c32)cc1. The number of anilines is 1. The average molecular weight is 374 g/mol. The van der Waals surface area contributed by atoms with Crippen LogP contribution in [0.3, 0.4) is 0 Å². The van der Waals surface area contributed by atoms with Crippen LogP contribution in [-0.2, 0) is 12.0 Å². The third-order valence-electron chi connectivity index (χ3n) is 5.04. The van der Waals surface area contributed by atoms with Crippen molar-refractivity contribution in [1.82, 2.24) is 0 Å². The summed E-state index contributed by atoms with van der Waals surface area (Å²) >= 11 is 3.75. The van der Waals surface area contributed by atoms with Gasteiger partial charge in [0.1, 0.15) is 11.5 Å². The van der Waals surface area contributed by atoms with Crippen molar-refractivity contribution in [2.45, 2.75) is 24.8 Å². The molecular formula is C19H20BrNO2. The zero-order valence-electron chi connectivity index (χ0n) is 13.4. The van der Waals surface area contributed by atoms with E-state index in [-0.39, 0.29) is 0 Å². The maximum atomic E-state index is 5.46. The Morgan fingerprint density at radius 3 is 2.35 bits per heavy atom. The van der Waals surface area contributed by atoms with Gasteiger partial charge in [-0.25, -0.2) is 0 Å². The molecule has 0 saturated heterocycles. The van der Waals surface area contributed by atoms with Gasteiger partial charge in [0.15, 0.2) is 0 Å². The summed E-state index contributed by atoms with van der Waals surface area (Å²) in [5.74, 6) is 1.84. The molecule has 1 heterocycles. The highest BCUT2D eigenvalue weighted by molar-refractivity contribution is 9.10. The standard InChI is InChI=1S/C19H20BrNO2/c1-22-14-5-3-13(4-6-14)11-21-12-19(7-8-19)16-9-15(23-2)10-17(20)18(16)21/h3-6,9-10H,7-8,11-12H2,1-2H3. The van der Waals surface area contributed by atoms with Gasteiger partial charge in [0.2, 0.25) is 0 Å². The molecule has 0 aromatic heterocycles. The highest BCUT2D eigenvalue weighted by atomic mass is 79.9. The quantitative estimate of drug-likeness (QED) is 0.786. The fourth-order valence-corrected chi connectivity index (χ4v) is 4.30. The van der Waals surface area contributed by atoms with Crippen molar-refractivity contribution in [3.63, 3.8) is 0 Å². The zero-order valence-corrected chi connectivity index (χ0v) is 15.0. The van der Waals surface area contributed by atoms with Gasteiger partial charge in [-0.2, -0.15) is 0 Å². The minimum atomic E-state index is 0.346. The number of hydrogen-bond acceptors (Lipinski definition) is 3. The number of halogens is 1. The van der Waals surface area contributed by atoms with Gasteiger partial charge >= 0.3 is 0 Å². The lowest BCUT2D eigenvalue weighted by atomic mass is 9.98. The van der Waals surface area contributed by atoms with E-state index in [0.29, 0.717) is 5.41 Å². The molecule has 120 valence electrons. The Bertz CT molecular complexity index is 738. The lowest BCUT2D eigenvalue weighted by molar-refractivity contribution is 0.414. The summed E-state index contributed by atoms with van der Waals surface area (Å²) in [4.78, 5) is 2.49. The number of fused-ring (bicyclic) bond motifs is 2. The fourth-order valence-electron chi connectivity index (χ4n) is 3.61. The third-order valence-corrected chi connectivity index (χ3v) is 5.64. The first-order chi connectivity index (χ1) is 11.1. The molecule has 2 aromatic rings. The van der Waals surface area contributed by atoms with Gasteiger partial charge in [0.25, 0.3) is 0 Å². The first kappa shape index (κ1) is 14.9. The molecule has 1 fully saturated rings. The van der Waals surface area contributed by atoms with Crippen LogP contribution in [0.5, 0.6) is 11.5 Å². The monoisotopic (exact) mass is 373 g/mol. The molecule has 1 saturated carbocycles. The van der Waals surface area contributed by atoms with Gasteiger partial charge in [-0.3, -0.25) is 0 Å². The van der Waals surface area contributed by atoms with Crippen LogP contribution in [0.15, 0.2) is 40.9 Å². The van der Waals surface area contributed by atoms with E-state index in [9.17, 15) is 0 Å². The molecule has 1 spiro atoms. The summed E-state index contributed by atoms with van der Waals surface area (Å²) in [5, 5.41) is 0. The first-order valence-corrected chi connectivity index (χ1v) is 8.70. The maximum Gasteiger partial charge on any atom is 0.120 e. The Hall–Kier alpha value is -1.68. The van der Waals surface area contributed by atoms with Crippen LogP contribution in [0.2, 0.25) is 0 Å². The molecule has 1 aliphatic carbocycles. The minimum Gasteiger partial charge on any atom is -0.497 e. The highest BCUT2D eigenvalue weighted by Gasteiger charge is 2.52. The molecule has 2 aromatic carbocycles. The first-order valence-electron chi connectivity index (χ1n) is 7.91. The number of rotatable bonds is 4. The summed E-state index contributed by atoms with van der Waals surface area (Å²) in [5.41, 5.74) is 4.42. The largest absolute Gasteiger partial charge is 0.497 e. The number of ether oxygens (including phenoxy) is 2. The maximum absolute atomic E-state index is 5.46. The number of nitrogens with zero attached hydrogens (tertiary/aromatic N) is 1. The molecule has 4 rings (SSSR count). The zero-order chi connectivity index (χ0) is 16.0. The summed E-state index contributed by atoms with van der Waals surface area (Å²) < 4.78 is 11.8. The van der Waals surface area contributed by atoms with Crippen LogP contribution in [0.25, 0.3) is 0 Å². The molecule has 0 bridgehead atoms. The molecular weight excluding hydrogens is 354 g/mol. The Kier molecular flexibility index (Phi) is 3.52. The molecule has 23 heavy (non-hydrogen) atoms. The number of hydrogen-bond donors (Lipinski definition) is 0. The van der Waals surface area contributed by atoms with Crippen LogP contribution < -0.4 is 14.4 Å². The van der Waals surface area contributed by atoms with Crippen molar-refractivity contribution in [2.24, 2.45) is 0 Å². The van der Waals surface area contributed by atoms with Gasteiger partial charge in [0.05, 0.1) is 19.9 Å². The minimum absolute atomic E-state index is 0.346. The predicted molar refractivity (Wildman–Crippen MR) is 95.7 cm³/mol. The van der Waals surface area contributed by atoms with Gasteiger partial charge in [-0.05, 0) is 64.2 Å². The Labute approximate surface area is 145 Å². The van der Waals surface area contributed by atoms with Crippen LogP contribution in [0, 0.1) is 0 Å². The highest BCUT2D eigenvalue weighted by Crippen LogP contribution is 2.59. The van der Waals surface area contributed by atoms with Crippen LogP contribution in [0.1, 0.15) is 24.0 Å². The van der Waals surface area contributed by atoms with Crippen LogP contribution in [-0.4, -0.2) is 20.8 Å². The molecule has 0 atom stereocenters. The van der Waals surface area contributed by atoms with Crippen molar-refractivity contribution in [2.75, 3.05) is 25.7 Å². The van der Waals surface area contributed by atoms with Crippen molar-refractivity contribution in [1.29, 1.82) is 0 Å². The molecule has 3 nitrogen and oxygen atoms in total. The van der Waals surface area contributed by atoms with Crippen molar-refractivity contribution < 1.29 is 9.47 Å². The van der Waals surface area contributed by atoms with Gasteiger partial charge < -0.3 is 14.4 Å². The van der Waals surface area contributed by atoms with E-state index in [1.165, 1.54) is 29.7 Å². The third kappa shape index (κ3) is 2.49. The second-order valence-corrected chi connectivity index (χ2v) is 7.34. The molecule has 0 radical (unpaired) electrons. The van der Waals surface area contributed by atoms with Gasteiger partial charge in [-0.15, -0.1) is 0 Å². The number of methoxy groups -OCH3 is 2. The van der Waals surface area contributed by atoms with E-state index in [1.54, 1.807) is 14.2 Å². The second kappa shape index (κ2) is 5.45. The Balaban J connectivity index is 1.67. The van der Waals surface area contributed by atoms with E-state index < -0.39 is 0 Å². The lowest BCUT2D eigenvalue weighted by Crippen LogP contribution is -2.24. The van der Waals surface area contributed by atoms with Gasteiger partial charge in [-0.1, -0.05) is 12.1 Å². The predicted octanol–water partition coefficient (Wildman–Crippen LogP) is 4.52. The summed E-state index contributed by atoms with van der Waals surface area (Å²) in [7, 11) is 3.44. The average Bonchev–Trinajstić information content (AvgIpc) is 3.27. The summed E-state index contributed by atoms with van der Waals surface area (Å²) in [6.07, 6.45) is 2.55. The Morgan fingerprint density at radius 1 is 1.04 bits per heavy atom. The van der Waals surface area contributed by atoms with E-state index in [1.807, 2.05) is 12.1 Å². The Morgan fingerprint density at radius 2 is 1.74 bits per heavy atom. The van der Waals surface area contributed by atoms with Crippen molar-refractivity contribution in [3.05, 3.63) is 52.0 Å². The topological polar surface area (TPSA) is 21.7 Å². The van der Waals surface area contributed by atoms with Crippen LogP contribution in [0.4, 0.5) is 5.69 Å². The molecule has 1 aliphatic heterocycles. The van der Waals surface area contributed by atoms with Crippen LogP contribution >= 0.6 is 15.9 Å². The van der Waals surface area contributed by atoms with E-state index in [4.69, 9.17) is 9.47 Å². The summed E-state index contributed by atoms with van der Waals surface area (Å²) in [6.45, 7) is 2.02. The summed E-state index contributed by atoms with van der Waals surface area (Å²) in [6, 6.07) is 12.6. The van der Waals surface area contributed by atoms with Crippen molar-refractivity contribution in [3.8, 4) is 11.5 Å². The van der Waals surface area contributed by atoms with E-state index >= 15 is 0 Å². The normalized spacial score (nSPS) is 17.3. The molecule has 0 unspecified atom stereocenters. The van der Waals surface area contributed by atoms with Gasteiger partial charge in [0, 0.05) is 23.0 Å². The molecule has 0 N–H and O–H groups in total.